The Bertz CT molecular complexity index is 741. The van der Waals surface area contributed by atoms with Crippen molar-refractivity contribution >= 4 is 28.1 Å². The summed E-state index contributed by atoms with van der Waals surface area (Å²) < 4.78 is 5.85. The van der Waals surface area contributed by atoms with Crippen molar-refractivity contribution in [3.8, 4) is 0 Å². The standard InChI is InChI=1S/C19H24ClN3O2S/c1-2-25-16-12-15(24)19(16)7-9-23(10-8-19)18-22-21-17(26-18)11-13-3-5-14(20)6-4-13/h3-6,15-16,24H,2,7-12H2,1H3. The molecule has 26 heavy (non-hydrogen) atoms. The fourth-order valence-corrected chi connectivity index (χ4v) is 5.20. The van der Waals surface area contributed by atoms with E-state index < -0.39 is 0 Å². The maximum atomic E-state index is 10.3. The number of halogens is 1. The molecule has 0 amide bonds. The van der Waals surface area contributed by atoms with E-state index in [2.05, 4.69) is 15.1 Å². The predicted octanol–water partition coefficient (Wildman–Crippen LogP) is 3.54. The van der Waals surface area contributed by atoms with Crippen LogP contribution in [0.2, 0.25) is 5.02 Å². The van der Waals surface area contributed by atoms with E-state index in [1.807, 2.05) is 31.2 Å². The van der Waals surface area contributed by atoms with Gasteiger partial charge >= 0.3 is 0 Å². The molecule has 5 nitrogen and oxygen atoms in total. The average molecular weight is 394 g/mol. The number of ether oxygens (including phenoxy) is 1. The monoisotopic (exact) mass is 393 g/mol. The normalized spacial score (nSPS) is 24.7. The van der Waals surface area contributed by atoms with E-state index in [0.717, 1.165) is 53.9 Å². The number of aromatic nitrogens is 2. The Morgan fingerprint density at radius 1 is 1.27 bits per heavy atom. The third-order valence-corrected chi connectivity index (χ3v) is 7.04. The molecule has 1 aliphatic heterocycles. The Morgan fingerprint density at radius 3 is 2.65 bits per heavy atom. The van der Waals surface area contributed by atoms with Crippen molar-refractivity contribution in [2.24, 2.45) is 5.41 Å². The lowest BCUT2D eigenvalue weighted by atomic mass is 9.58. The lowest BCUT2D eigenvalue weighted by Gasteiger charge is -2.56. The number of nitrogens with zero attached hydrogens (tertiary/aromatic N) is 3. The smallest absolute Gasteiger partial charge is 0.208 e. The van der Waals surface area contributed by atoms with Crippen molar-refractivity contribution in [2.45, 2.75) is 44.8 Å². The maximum Gasteiger partial charge on any atom is 0.208 e. The highest BCUT2D eigenvalue weighted by molar-refractivity contribution is 7.15. The van der Waals surface area contributed by atoms with Crippen LogP contribution in [0.25, 0.3) is 0 Å². The third-order valence-electron chi connectivity index (χ3n) is 5.80. The topological polar surface area (TPSA) is 58.5 Å². The first-order chi connectivity index (χ1) is 12.6. The van der Waals surface area contributed by atoms with Gasteiger partial charge in [0.1, 0.15) is 5.01 Å². The van der Waals surface area contributed by atoms with Gasteiger partial charge in [-0.3, -0.25) is 0 Å². The second-order valence-electron chi connectivity index (χ2n) is 7.20. The molecule has 2 heterocycles. The van der Waals surface area contributed by atoms with Crippen molar-refractivity contribution in [3.05, 3.63) is 39.9 Å². The molecule has 1 saturated heterocycles. The highest BCUT2D eigenvalue weighted by Gasteiger charge is 2.56. The van der Waals surface area contributed by atoms with Crippen molar-refractivity contribution in [1.29, 1.82) is 0 Å². The van der Waals surface area contributed by atoms with E-state index in [1.165, 1.54) is 5.56 Å². The number of anilines is 1. The van der Waals surface area contributed by atoms with Crippen molar-refractivity contribution in [1.82, 2.24) is 10.2 Å². The second kappa shape index (κ2) is 7.43. The van der Waals surface area contributed by atoms with Crippen LogP contribution < -0.4 is 4.90 Å². The van der Waals surface area contributed by atoms with Gasteiger partial charge in [-0.05, 0) is 37.5 Å². The summed E-state index contributed by atoms with van der Waals surface area (Å²) in [6.45, 7) is 4.54. The molecule has 2 aromatic rings. The number of benzene rings is 1. The molecular weight excluding hydrogens is 370 g/mol. The summed E-state index contributed by atoms with van der Waals surface area (Å²) in [7, 11) is 0. The van der Waals surface area contributed by atoms with Gasteiger partial charge in [0, 0.05) is 43.0 Å². The molecule has 1 aromatic heterocycles. The molecular formula is C19H24ClN3O2S. The van der Waals surface area contributed by atoms with Crippen LogP contribution in [0.5, 0.6) is 0 Å². The molecule has 140 valence electrons. The number of hydrogen-bond acceptors (Lipinski definition) is 6. The maximum absolute atomic E-state index is 10.3. The van der Waals surface area contributed by atoms with Crippen LogP contribution in [0.3, 0.4) is 0 Å². The van der Waals surface area contributed by atoms with E-state index in [4.69, 9.17) is 16.3 Å². The van der Waals surface area contributed by atoms with E-state index in [0.29, 0.717) is 6.61 Å². The van der Waals surface area contributed by atoms with Gasteiger partial charge in [-0.1, -0.05) is 35.1 Å². The summed E-state index contributed by atoms with van der Waals surface area (Å²) in [5.41, 5.74) is 1.13. The number of piperidine rings is 1. The van der Waals surface area contributed by atoms with Crippen molar-refractivity contribution in [2.75, 3.05) is 24.6 Å². The van der Waals surface area contributed by atoms with E-state index in [-0.39, 0.29) is 17.6 Å². The molecule has 2 aliphatic rings. The quantitative estimate of drug-likeness (QED) is 0.841. The first-order valence-electron chi connectivity index (χ1n) is 9.22. The number of aliphatic hydroxyl groups excluding tert-OH is 1. The van der Waals surface area contributed by atoms with Crippen LogP contribution in [0.4, 0.5) is 5.13 Å². The molecule has 2 atom stereocenters. The molecule has 1 saturated carbocycles. The van der Waals surface area contributed by atoms with Crippen molar-refractivity contribution in [3.63, 3.8) is 0 Å². The van der Waals surface area contributed by atoms with E-state index >= 15 is 0 Å². The van der Waals surface area contributed by atoms with Crippen molar-refractivity contribution < 1.29 is 9.84 Å². The Kier molecular flexibility index (Phi) is 5.19. The zero-order chi connectivity index (χ0) is 18.1. The summed E-state index contributed by atoms with van der Waals surface area (Å²) in [5.74, 6) is 0. The van der Waals surface area contributed by atoms with Gasteiger partial charge in [-0.2, -0.15) is 0 Å². The van der Waals surface area contributed by atoms with E-state index in [1.54, 1.807) is 11.3 Å². The zero-order valence-corrected chi connectivity index (χ0v) is 16.5. The van der Waals surface area contributed by atoms with Gasteiger partial charge in [-0.25, -0.2) is 0 Å². The fraction of sp³-hybridized carbons (Fsp3) is 0.579. The lowest BCUT2D eigenvalue weighted by molar-refractivity contribution is -0.199. The van der Waals surface area contributed by atoms with Crippen LogP contribution in [0, 0.1) is 5.41 Å². The first-order valence-corrected chi connectivity index (χ1v) is 10.4. The Labute approximate surface area is 163 Å². The highest BCUT2D eigenvalue weighted by Crippen LogP contribution is 2.51. The van der Waals surface area contributed by atoms with Gasteiger partial charge < -0.3 is 14.7 Å². The Balaban J connectivity index is 1.38. The number of hydrogen-bond donors (Lipinski definition) is 1. The van der Waals surface area contributed by atoms with Gasteiger partial charge in [0.25, 0.3) is 0 Å². The van der Waals surface area contributed by atoms with Gasteiger partial charge in [0.05, 0.1) is 12.2 Å². The second-order valence-corrected chi connectivity index (χ2v) is 8.67. The molecule has 0 bridgehead atoms. The van der Waals surface area contributed by atoms with Gasteiger partial charge in [-0.15, -0.1) is 10.2 Å². The van der Waals surface area contributed by atoms with Crippen LogP contribution in [-0.4, -0.2) is 47.2 Å². The van der Waals surface area contributed by atoms with E-state index in [9.17, 15) is 5.11 Å². The molecule has 1 spiro atoms. The lowest BCUT2D eigenvalue weighted by Crippen LogP contribution is -2.62. The molecule has 7 heteroatoms. The number of rotatable bonds is 5. The predicted molar refractivity (Wildman–Crippen MR) is 104 cm³/mol. The van der Waals surface area contributed by atoms with Crippen LogP contribution in [0.1, 0.15) is 36.8 Å². The third kappa shape index (κ3) is 3.36. The molecule has 2 unspecified atom stereocenters. The highest BCUT2D eigenvalue weighted by atomic mass is 35.5. The fourth-order valence-electron chi connectivity index (χ4n) is 4.15. The summed E-state index contributed by atoms with van der Waals surface area (Å²) >= 11 is 7.59. The molecule has 1 N–H and O–H groups in total. The summed E-state index contributed by atoms with van der Waals surface area (Å²) in [6, 6.07) is 7.86. The summed E-state index contributed by atoms with van der Waals surface area (Å²) in [5, 5.41) is 21.8. The zero-order valence-electron chi connectivity index (χ0n) is 14.9. The number of aliphatic hydroxyl groups is 1. The van der Waals surface area contributed by atoms with Gasteiger partial charge in [0.2, 0.25) is 5.13 Å². The first kappa shape index (κ1) is 18.2. The van der Waals surface area contributed by atoms with Gasteiger partial charge in [0.15, 0.2) is 0 Å². The molecule has 4 rings (SSSR count). The van der Waals surface area contributed by atoms with Crippen LogP contribution in [-0.2, 0) is 11.2 Å². The minimum atomic E-state index is -0.226. The average Bonchev–Trinajstić information content (AvgIpc) is 3.12. The Morgan fingerprint density at radius 2 is 2.00 bits per heavy atom. The molecule has 1 aliphatic carbocycles. The largest absolute Gasteiger partial charge is 0.392 e. The minimum absolute atomic E-state index is 0.0522. The molecule has 1 aromatic carbocycles. The Hall–Kier alpha value is -1.21. The van der Waals surface area contributed by atoms with Crippen LogP contribution in [0.15, 0.2) is 24.3 Å². The summed E-state index contributed by atoms with van der Waals surface area (Å²) in [4.78, 5) is 2.29. The summed E-state index contributed by atoms with van der Waals surface area (Å²) in [6.07, 6.45) is 3.43. The molecule has 2 fully saturated rings. The SMILES string of the molecule is CCOC1CC(O)C12CCN(c1nnc(Cc3ccc(Cl)cc3)s1)CC2. The van der Waals surface area contributed by atoms with Crippen LogP contribution >= 0.6 is 22.9 Å². The molecule has 0 radical (unpaired) electrons. The minimum Gasteiger partial charge on any atom is -0.392 e.